The fraction of sp³-hybridized carbons (Fsp3) is 0.474. The van der Waals surface area contributed by atoms with Crippen LogP contribution in [-0.2, 0) is 83.2 Å². The third-order valence-electron chi connectivity index (χ3n) is 19.9. The highest BCUT2D eigenvalue weighted by Gasteiger charge is 2.43. The average Bonchev–Trinajstić information content (AvgIpc) is 1.63. The van der Waals surface area contributed by atoms with Crippen molar-refractivity contribution >= 4 is 132 Å². The molecule has 3 aromatic carbocycles. The lowest BCUT2D eigenvalue weighted by Crippen LogP contribution is -2.61. The van der Waals surface area contributed by atoms with E-state index in [-0.39, 0.29) is 87.5 Å². The largest absolute Gasteiger partial charge is 0.361 e. The Morgan fingerprint density at radius 2 is 1.09 bits per heavy atom. The summed E-state index contributed by atoms with van der Waals surface area (Å²) in [5.74, 6) is -12.5. The number of ketones is 4. The highest BCUT2D eigenvalue weighted by Crippen LogP contribution is 2.34. The summed E-state index contributed by atoms with van der Waals surface area (Å²) in [5, 5.41) is 21.6. The number of fused-ring (bicyclic) bond motifs is 8. The average molecular weight is 1510 g/mol. The Morgan fingerprint density at radius 3 is 1.77 bits per heavy atom. The van der Waals surface area contributed by atoms with Gasteiger partial charge in [-0.25, -0.2) is 4.98 Å². The second-order valence-corrected chi connectivity index (χ2v) is 31.3. The molecule has 3 saturated heterocycles. The molecule has 4 aliphatic heterocycles. The number of unbranched alkanes of at least 4 members (excludes halogenated alkanes) is 2. The first kappa shape index (κ1) is 79.3. The van der Waals surface area contributed by atoms with Gasteiger partial charge in [0.2, 0.25) is 47.3 Å². The number of hydrogen-bond acceptors (Lipinski definition) is 19. The number of nitrogens with two attached hydrogens (primary N) is 2. The molecule has 106 heavy (non-hydrogen) atoms. The first-order chi connectivity index (χ1) is 51.2. The Bertz CT molecular complexity index is 4180. The van der Waals surface area contributed by atoms with Gasteiger partial charge in [-0.15, -0.1) is 11.8 Å². The SMILES string of the molecule is C[C@@H]1CC(=O)[C@@H]2CSSC[C@H](NC(=O)[C@H](Cc3c[nH]c4ccccc34)NC(=O)[C@H](C)NC(=O)[C@H](CCCCN)NC(=O)[C@H](CCCCN)CC1=O)C(=O)N1CSC[C@H]1C(=O)N[C@@H](Cc1cnc[nH]1)C(=O)N[C@H](Cc1ccccc1)C(=O)N[C@@H](CC1=CCC=N1)C(=O)C[C@@H](Cc1c[nH]c3ccccc13)C(=O)C2. The zero-order valence-electron chi connectivity index (χ0n) is 59.6. The van der Waals surface area contributed by atoms with Crippen LogP contribution in [0.1, 0.15) is 113 Å². The summed E-state index contributed by atoms with van der Waals surface area (Å²) >= 11 is 1.25. The van der Waals surface area contributed by atoms with Crippen molar-refractivity contribution in [3.63, 3.8) is 0 Å². The molecule has 12 atom stereocenters. The Balaban J connectivity index is 1.07. The lowest BCUT2D eigenvalue weighted by atomic mass is 9.82. The lowest BCUT2D eigenvalue weighted by molar-refractivity contribution is -0.141. The molecule has 0 unspecified atom stereocenters. The number of para-hydroxylation sites is 2. The van der Waals surface area contributed by atoms with Crippen molar-refractivity contribution in [3.05, 3.63) is 138 Å². The van der Waals surface area contributed by atoms with Gasteiger partial charge in [-0.2, -0.15) is 0 Å². The number of Topliss-reactive ketones (excluding diaryl/α,β-unsaturated/α-hetero) is 4. The van der Waals surface area contributed by atoms with E-state index in [1.165, 1.54) is 36.1 Å². The fourth-order valence-corrected chi connectivity index (χ4v) is 17.4. The summed E-state index contributed by atoms with van der Waals surface area (Å²) in [6.45, 7) is 3.59. The molecule has 564 valence electrons. The van der Waals surface area contributed by atoms with Crippen molar-refractivity contribution in [1.82, 2.24) is 62.1 Å². The number of thioether (sulfide) groups is 1. The highest BCUT2D eigenvalue weighted by atomic mass is 33.1. The Kier molecular flexibility index (Phi) is 29.1. The topological polar surface area (TPSA) is 417 Å². The quantitative estimate of drug-likeness (QED) is 0.0410. The van der Waals surface area contributed by atoms with Crippen LogP contribution in [0.25, 0.3) is 21.8 Å². The van der Waals surface area contributed by atoms with E-state index >= 15 is 38.4 Å². The molecular formula is C76H95N15O12S3. The Hall–Kier alpha value is -9.23. The number of hydrogen-bond donors (Lipinski definition) is 12. The second-order valence-electron chi connectivity index (χ2n) is 27.8. The molecule has 0 spiro atoms. The monoisotopic (exact) mass is 1510 g/mol. The van der Waals surface area contributed by atoms with E-state index in [0.717, 1.165) is 43.4 Å². The molecule has 8 amide bonds. The van der Waals surface area contributed by atoms with E-state index in [1.54, 1.807) is 55.9 Å². The van der Waals surface area contributed by atoms with Gasteiger partial charge in [0, 0.05) is 157 Å². The van der Waals surface area contributed by atoms with E-state index < -0.39 is 155 Å². The molecule has 30 heteroatoms. The third-order valence-corrected chi connectivity index (χ3v) is 23.4. The zero-order chi connectivity index (χ0) is 75.2. The van der Waals surface area contributed by atoms with Crippen molar-refractivity contribution in [2.24, 2.45) is 40.1 Å². The molecule has 4 aliphatic rings. The maximum atomic E-state index is 15.7. The fourth-order valence-electron chi connectivity index (χ4n) is 13.7. The molecule has 10 rings (SSSR count). The number of rotatable bonds is 18. The van der Waals surface area contributed by atoms with Crippen molar-refractivity contribution in [2.75, 3.05) is 36.2 Å². The summed E-state index contributed by atoms with van der Waals surface area (Å²) in [7, 11) is 2.21. The zero-order valence-corrected chi connectivity index (χ0v) is 62.0. The summed E-state index contributed by atoms with van der Waals surface area (Å²) in [6, 6.07) is 12.9. The van der Waals surface area contributed by atoms with E-state index in [9.17, 15) is 19.2 Å². The number of nitrogens with one attached hydrogen (secondary N) is 10. The molecule has 2 bridgehead atoms. The first-order valence-electron chi connectivity index (χ1n) is 36.3. The normalized spacial score (nSPS) is 26.0. The standard InChI is InChI=1S/C76H95N15O12S3/c1-44-27-66(93)51-33-67(94)48(29-49-36-81-56-21-8-6-19-54(49)56)32-68(95)59(34-52-18-14-26-80-52)86-72(99)60(28-46-15-4-3-5-16-46)88-74(101)62(35-53-38-79-42-83-53)89-75(102)64-41-104-43-91(64)76(103)63(40-106-105-39-51)90-73(100)61(30-50-37-82-57-22-9-7-20-55(50)57)87-69(96)45(2)84-71(98)58(23-11-13-25-78)85-70(97)47(31-65(44)92)17-10-12-24-77/h3-9,15-16,18-22,26,36-38,42,44-45,47-48,51,58-64,81-82H,10-14,17,23-25,27-35,39-41,43,77-78H2,1-2H3,(H,79,83)(H,84,98)(H,85,97)(H,86,99)(H,87,96)(H,88,101)(H,89,102)(H,90,100)/t44-,45+,47-,48-,51+,58+,59+,60-,61+,62+,63+,64+/m1/s1. The van der Waals surface area contributed by atoms with Crippen molar-refractivity contribution in [2.45, 2.75) is 165 Å². The van der Waals surface area contributed by atoms with Crippen LogP contribution in [0.4, 0.5) is 0 Å². The van der Waals surface area contributed by atoms with Gasteiger partial charge in [0.05, 0.1) is 18.2 Å². The van der Waals surface area contributed by atoms with Gasteiger partial charge in [0.15, 0.2) is 5.78 Å². The number of aromatic amines is 3. The molecule has 6 aromatic rings. The smallest absolute Gasteiger partial charge is 0.247 e. The maximum Gasteiger partial charge on any atom is 0.247 e. The maximum absolute atomic E-state index is 15.7. The Labute approximate surface area is 627 Å². The van der Waals surface area contributed by atoms with Crippen LogP contribution < -0.4 is 48.7 Å². The summed E-state index contributed by atoms with van der Waals surface area (Å²) < 4.78 is 0. The van der Waals surface area contributed by atoms with Crippen LogP contribution in [-0.4, -0.2) is 186 Å². The van der Waals surface area contributed by atoms with Crippen LogP contribution in [0.2, 0.25) is 0 Å². The minimum absolute atomic E-state index is 0.00695. The minimum atomic E-state index is -1.47. The highest BCUT2D eigenvalue weighted by molar-refractivity contribution is 8.76. The molecule has 3 aromatic heterocycles. The van der Waals surface area contributed by atoms with Gasteiger partial charge in [0.1, 0.15) is 59.6 Å². The molecule has 0 saturated carbocycles. The van der Waals surface area contributed by atoms with Crippen LogP contribution in [0.5, 0.6) is 0 Å². The van der Waals surface area contributed by atoms with Gasteiger partial charge in [-0.1, -0.05) is 108 Å². The van der Waals surface area contributed by atoms with Crippen LogP contribution in [0, 0.1) is 23.7 Å². The number of aromatic nitrogens is 4. The lowest BCUT2D eigenvalue weighted by Gasteiger charge is -2.30. The van der Waals surface area contributed by atoms with Gasteiger partial charge in [0.25, 0.3) is 0 Å². The van der Waals surface area contributed by atoms with Crippen molar-refractivity contribution < 1.29 is 57.5 Å². The number of allylic oxidation sites excluding steroid dienone is 1. The Morgan fingerprint density at radius 1 is 0.500 bits per heavy atom. The number of carbonyl (C=O) groups excluding carboxylic acids is 12. The number of nitrogens with zero attached hydrogens (tertiary/aromatic N) is 3. The van der Waals surface area contributed by atoms with Gasteiger partial charge >= 0.3 is 0 Å². The number of amides is 8. The summed E-state index contributed by atoms with van der Waals surface area (Å²) in [4.78, 5) is 201. The first-order valence-corrected chi connectivity index (χ1v) is 40.0. The third kappa shape index (κ3) is 21.7. The van der Waals surface area contributed by atoms with Gasteiger partial charge in [-0.3, -0.25) is 62.5 Å². The summed E-state index contributed by atoms with van der Waals surface area (Å²) in [5.41, 5.74) is 16.2. The van der Waals surface area contributed by atoms with E-state index in [4.69, 9.17) is 11.5 Å². The van der Waals surface area contributed by atoms with Crippen LogP contribution in [0.3, 0.4) is 0 Å². The van der Waals surface area contributed by atoms with Crippen LogP contribution in [0.15, 0.2) is 121 Å². The van der Waals surface area contributed by atoms with Crippen molar-refractivity contribution in [3.8, 4) is 0 Å². The minimum Gasteiger partial charge on any atom is -0.361 e. The number of carbonyl (C=O) groups is 12. The molecule has 27 nitrogen and oxygen atoms in total. The number of aliphatic imine (C=N–C) groups is 1. The van der Waals surface area contributed by atoms with E-state index in [1.807, 2.05) is 54.6 Å². The molecule has 7 heterocycles. The van der Waals surface area contributed by atoms with E-state index in [0.29, 0.717) is 66.7 Å². The molecule has 3 fully saturated rings. The second kappa shape index (κ2) is 38.9. The van der Waals surface area contributed by atoms with Gasteiger partial charge in [-0.05, 0) is 87.4 Å². The predicted octanol–water partition coefficient (Wildman–Crippen LogP) is 4.69. The van der Waals surface area contributed by atoms with Crippen molar-refractivity contribution in [1.29, 1.82) is 0 Å². The number of H-pyrrole nitrogens is 3. The molecular weight excluding hydrogens is 1410 g/mol. The molecule has 14 N–H and O–H groups in total. The van der Waals surface area contributed by atoms with E-state index in [2.05, 4.69) is 62.1 Å². The van der Waals surface area contributed by atoms with Gasteiger partial charge < -0.3 is 68.5 Å². The summed E-state index contributed by atoms with van der Waals surface area (Å²) in [6.07, 6.45) is 10.4. The van der Waals surface area contributed by atoms with Crippen LogP contribution >= 0.6 is 33.3 Å². The molecule has 0 radical (unpaired) electrons. The predicted molar refractivity (Wildman–Crippen MR) is 408 cm³/mol. The molecule has 0 aliphatic carbocycles. The number of benzene rings is 3. The number of imidazole rings is 1.